The number of benzene rings is 2. The number of phenols is 1. The van der Waals surface area contributed by atoms with Gasteiger partial charge in [0.1, 0.15) is 5.75 Å². The standard InChI is InChI=1S/C17H20NO3S/c1-14(2)12-13-18(16-10-6-7-11-17(16)19)22(20,21)15-8-4-3-5-9-15/h3-5,7-11,14,19H,12-13H2,1-2H3. The van der Waals surface area contributed by atoms with Gasteiger partial charge in [0.25, 0.3) is 10.0 Å². The van der Waals surface area contributed by atoms with E-state index < -0.39 is 10.0 Å². The van der Waals surface area contributed by atoms with Gasteiger partial charge in [-0.05, 0) is 42.7 Å². The van der Waals surface area contributed by atoms with Crippen LogP contribution in [0, 0.1) is 12.0 Å². The highest BCUT2D eigenvalue weighted by Crippen LogP contribution is 2.31. The van der Waals surface area contributed by atoms with Crippen LogP contribution in [0.4, 0.5) is 5.69 Å². The van der Waals surface area contributed by atoms with E-state index in [0.29, 0.717) is 18.9 Å². The van der Waals surface area contributed by atoms with Crippen LogP contribution in [-0.2, 0) is 10.0 Å². The predicted octanol–water partition coefficient (Wildman–Crippen LogP) is 3.43. The summed E-state index contributed by atoms with van der Waals surface area (Å²) in [7, 11) is -3.72. The number of phenolic OH excluding ortho intramolecular Hbond substituents is 1. The Hall–Kier alpha value is -2.01. The van der Waals surface area contributed by atoms with E-state index in [1.165, 1.54) is 16.4 Å². The molecule has 1 radical (unpaired) electrons. The van der Waals surface area contributed by atoms with E-state index in [0.717, 1.165) is 0 Å². The predicted molar refractivity (Wildman–Crippen MR) is 87.4 cm³/mol. The molecule has 0 aromatic heterocycles. The zero-order valence-electron chi connectivity index (χ0n) is 12.7. The van der Waals surface area contributed by atoms with Gasteiger partial charge in [-0.25, -0.2) is 8.42 Å². The lowest BCUT2D eigenvalue weighted by Gasteiger charge is -2.25. The molecule has 0 spiro atoms. The quantitative estimate of drug-likeness (QED) is 0.887. The monoisotopic (exact) mass is 318 g/mol. The summed E-state index contributed by atoms with van der Waals surface area (Å²) in [5, 5.41) is 10.0. The van der Waals surface area contributed by atoms with Gasteiger partial charge in [0.2, 0.25) is 0 Å². The zero-order valence-corrected chi connectivity index (χ0v) is 13.5. The molecule has 0 saturated carbocycles. The van der Waals surface area contributed by atoms with Crippen molar-refractivity contribution in [2.24, 2.45) is 5.92 Å². The van der Waals surface area contributed by atoms with Crippen LogP contribution in [0.1, 0.15) is 20.3 Å². The highest BCUT2D eigenvalue weighted by atomic mass is 32.2. The van der Waals surface area contributed by atoms with Crippen LogP contribution in [-0.4, -0.2) is 20.1 Å². The number of rotatable bonds is 6. The molecule has 0 aliphatic heterocycles. The lowest BCUT2D eigenvalue weighted by molar-refractivity contribution is 0.474. The average molecular weight is 318 g/mol. The maximum Gasteiger partial charge on any atom is 0.264 e. The summed E-state index contributed by atoms with van der Waals surface area (Å²) >= 11 is 0. The molecule has 0 aliphatic rings. The molecule has 0 bridgehead atoms. The van der Waals surface area contributed by atoms with Crippen molar-refractivity contribution in [1.29, 1.82) is 0 Å². The SMILES string of the molecule is CC(C)CCN(c1c[c]ccc1O)S(=O)(=O)c1ccccc1. The maximum atomic E-state index is 12.9. The highest BCUT2D eigenvalue weighted by Gasteiger charge is 2.26. The molecule has 22 heavy (non-hydrogen) atoms. The molecular weight excluding hydrogens is 298 g/mol. The van der Waals surface area contributed by atoms with Gasteiger partial charge >= 0.3 is 0 Å². The Bertz CT molecular complexity index is 712. The zero-order chi connectivity index (χ0) is 16.2. The first-order valence-corrected chi connectivity index (χ1v) is 8.64. The molecule has 0 fully saturated rings. The van der Waals surface area contributed by atoms with Crippen LogP contribution in [0.2, 0.25) is 0 Å². The summed E-state index contributed by atoms with van der Waals surface area (Å²) in [4.78, 5) is 0.210. The van der Waals surface area contributed by atoms with Crippen molar-refractivity contribution in [3.05, 3.63) is 54.6 Å². The molecular formula is C17H20NO3S. The third-order valence-corrected chi connectivity index (χ3v) is 5.16. The van der Waals surface area contributed by atoms with E-state index in [-0.39, 0.29) is 16.3 Å². The van der Waals surface area contributed by atoms with Gasteiger partial charge in [-0.15, -0.1) is 0 Å². The van der Waals surface area contributed by atoms with E-state index in [1.54, 1.807) is 36.4 Å². The van der Waals surface area contributed by atoms with Crippen molar-refractivity contribution in [1.82, 2.24) is 0 Å². The van der Waals surface area contributed by atoms with Crippen molar-refractivity contribution in [2.75, 3.05) is 10.8 Å². The van der Waals surface area contributed by atoms with Gasteiger partial charge < -0.3 is 5.11 Å². The third-order valence-electron chi connectivity index (χ3n) is 3.33. The molecule has 0 aliphatic carbocycles. The Balaban J connectivity index is 2.47. The Labute approximate surface area is 132 Å². The topological polar surface area (TPSA) is 57.6 Å². The van der Waals surface area contributed by atoms with Crippen LogP contribution >= 0.6 is 0 Å². The fourth-order valence-electron chi connectivity index (χ4n) is 2.08. The summed E-state index contributed by atoms with van der Waals surface area (Å²) in [5.41, 5.74) is 0.256. The average Bonchev–Trinajstić information content (AvgIpc) is 2.49. The Morgan fingerprint density at radius 1 is 1.18 bits per heavy atom. The number of sulfonamides is 1. The van der Waals surface area contributed by atoms with E-state index in [4.69, 9.17) is 0 Å². The van der Waals surface area contributed by atoms with Crippen LogP contribution in [0.3, 0.4) is 0 Å². The van der Waals surface area contributed by atoms with Crippen LogP contribution in [0.5, 0.6) is 5.75 Å². The number of nitrogens with zero attached hydrogens (tertiary/aromatic N) is 1. The first-order valence-electron chi connectivity index (χ1n) is 7.20. The summed E-state index contributed by atoms with van der Waals surface area (Å²) in [6.07, 6.45) is 0.695. The molecule has 0 amide bonds. The second-order valence-electron chi connectivity index (χ2n) is 5.49. The van der Waals surface area contributed by atoms with Crippen LogP contribution < -0.4 is 4.31 Å². The molecule has 2 rings (SSSR count). The van der Waals surface area contributed by atoms with Gasteiger partial charge in [0, 0.05) is 6.54 Å². The van der Waals surface area contributed by atoms with Gasteiger partial charge in [-0.2, -0.15) is 0 Å². The Morgan fingerprint density at radius 2 is 1.86 bits per heavy atom. The fourth-order valence-corrected chi connectivity index (χ4v) is 3.58. The first kappa shape index (κ1) is 16.4. The number of hydrogen-bond donors (Lipinski definition) is 1. The molecule has 2 aromatic rings. The minimum Gasteiger partial charge on any atom is -0.506 e. The number of hydrogen-bond acceptors (Lipinski definition) is 3. The second kappa shape index (κ2) is 6.83. The van der Waals surface area contributed by atoms with E-state index in [9.17, 15) is 13.5 Å². The number of aromatic hydroxyl groups is 1. The summed E-state index contributed by atoms with van der Waals surface area (Å²) in [6, 6.07) is 15.6. The van der Waals surface area contributed by atoms with Gasteiger partial charge in [-0.3, -0.25) is 4.31 Å². The van der Waals surface area contributed by atoms with Crippen molar-refractivity contribution in [2.45, 2.75) is 25.2 Å². The first-order chi connectivity index (χ1) is 10.4. The summed E-state index contributed by atoms with van der Waals surface area (Å²) < 4.78 is 27.1. The normalized spacial score (nSPS) is 11.6. The molecule has 0 heterocycles. The van der Waals surface area contributed by atoms with E-state index in [2.05, 4.69) is 6.07 Å². The lowest BCUT2D eigenvalue weighted by atomic mass is 10.1. The molecule has 2 aromatic carbocycles. The molecule has 0 unspecified atom stereocenters. The molecule has 0 atom stereocenters. The smallest absolute Gasteiger partial charge is 0.264 e. The van der Waals surface area contributed by atoms with Crippen molar-refractivity contribution < 1.29 is 13.5 Å². The maximum absolute atomic E-state index is 12.9. The Kier molecular flexibility index (Phi) is 5.08. The van der Waals surface area contributed by atoms with E-state index >= 15 is 0 Å². The molecule has 117 valence electrons. The molecule has 5 heteroatoms. The molecule has 4 nitrogen and oxygen atoms in total. The highest BCUT2D eigenvalue weighted by molar-refractivity contribution is 7.92. The number of anilines is 1. The fraction of sp³-hybridized carbons (Fsp3) is 0.294. The van der Waals surface area contributed by atoms with Crippen LogP contribution in [0.25, 0.3) is 0 Å². The van der Waals surface area contributed by atoms with Crippen LogP contribution in [0.15, 0.2) is 53.4 Å². The minimum atomic E-state index is -3.72. The summed E-state index contributed by atoms with van der Waals surface area (Å²) in [5.74, 6) is 0.283. The second-order valence-corrected chi connectivity index (χ2v) is 7.35. The Morgan fingerprint density at radius 3 is 2.45 bits per heavy atom. The molecule has 1 N–H and O–H groups in total. The van der Waals surface area contributed by atoms with Crippen molar-refractivity contribution in [3.8, 4) is 5.75 Å². The van der Waals surface area contributed by atoms with Crippen molar-refractivity contribution >= 4 is 15.7 Å². The lowest BCUT2D eigenvalue weighted by Crippen LogP contribution is -2.32. The van der Waals surface area contributed by atoms with Crippen molar-refractivity contribution in [3.63, 3.8) is 0 Å². The summed E-state index contributed by atoms with van der Waals surface area (Å²) in [6.45, 7) is 4.37. The van der Waals surface area contributed by atoms with Gasteiger partial charge in [0.05, 0.1) is 10.6 Å². The van der Waals surface area contributed by atoms with Gasteiger partial charge in [0.15, 0.2) is 0 Å². The minimum absolute atomic E-state index is 0.0676. The third kappa shape index (κ3) is 3.60. The largest absolute Gasteiger partial charge is 0.506 e. The van der Waals surface area contributed by atoms with E-state index in [1.807, 2.05) is 13.8 Å². The van der Waals surface area contributed by atoms with Gasteiger partial charge in [-0.1, -0.05) is 38.1 Å². The molecule has 0 saturated heterocycles.